The van der Waals surface area contributed by atoms with Crippen molar-refractivity contribution in [2.75, 3.05) is 26.2 Å². The first kappa shape index (κ1) is 19.9. The molecule has 10 heteroatoms. The third-order valence-electron chi connectivity index (χ3n) is 4.33. The molecule has 146 valence electrons. The van der Waals surface area contributed by atoms with Gasteiger partial charge < -0.3 is 0 Å². The van der Waals surface area contributed by atoms with Crippen LogP contribution in [0.1, 0.15) is 5.56 Å². The summed E-state index contributed by atoms with van der Waals surface area (Å²) in [7, 11) is -7.85. The van der Waals surface area contributed by atoms with Crippen LogP contribution in [0.3, 0.4) is 0 Å². The highest BCUT2D eigenvalue weighted by atomic mass is 32.2. The Bertz CT molecular complexity index is 1030. The SMILES string of the molecule is Cc1ccc(S(=O)(=O)N2CCN(S(=O)(=O)c3cc(F)cc(F)c3)CC2)cc1. The zero-order chi connectivity index (χ0) is 19.8. The quantitative estimate of drug-likeness (QED) is 0.764. The number of hydrogen-bond donors (Lipinski definition) is 0. The molecule has 0 saturated carbocycles. The maximum Gasteiger partial charge on any atom is 0.243 e. The lowest BCUT2D eigenvalue weighted by atomic mass is 10.2. The molecule has 3 rings (SSSR count). The molecule has 2 aromatic rings. The van der Waals surface area contributed by atoms with Crippen LogP contribution in [0, 0.1) is 18.6 Å². The predicted molar refractivity (Wildman–Crippen MR) is 95.1 cm³/mol. The van der Waals surface area contributed by atoms with Gasteiger partial charge in [0.1, 0.15) is 11.6 Å². The summed E-state index contributed by atoms with van der Waals surface area (Å²) in [5.41, 5.74) is 0.923. The van der Waals surface area contributed by atoms with E-state index in [0.29, 0.717) is 6.07 Å². The lowest BCUT2D eigenvalue weighted by Crippen LogP contribution is -2.50. The van der Waals surface area contributed by atoms with Crippen molar-refractivity contribution in [3.05, 3.63) is 59.7 Å². The third-order valence-corrected chi connectivity index (χ3v) is 8.12. The molecule has 1 heterocycles. The molecular formula is C17H18F2N2O4S2. The standard InChI is InChI=1S/C17H18F2N2O4S2/c1-13-2-4-16(5-3-13)26(22,23)20-6-8-21(9-7-20)27(24,25)17-11-14(18)10-15(19)12-17/h2-5,10-12H,6-9H2,1H3. The average Bonchev–Trinajstić information content (AvgIpc) is 2.61. The molecule has 0 N–H and O–H groups in total. The van der Waals surface area contributed by atoms with Crippen molar-refractivity contribution in [3.8, 4) is 0 Å². The first-order valence-corrected chi connectivity index (χ1v) is 11.0. The summed E-state index contributed by atoms with van der Waals surface area (Å²) in [5.74, 6) is -1.98. The molecule has 0 bridgehead atoms. The minimum atomic E-state index is -4.11. The number of hydrogen-bond acceptors (Lipinski definition) is 4. The highest BCUT2D eigenvalue weighted by Gasteiger charge is 2.34. The zero-order valence-corrected chi connectivity index (χ0v) is 16.1. The van der Waals surface area contributed by atoms with E-state index in [1.54, 1.807) is 12.1 Å². The van der Waals surface area contributed by atoms with Crippen molar-refractivity contribution in [1.82, 2.24) is 8.61 Å². The van der Waals surface area contributed by atoms with E-state index in [4.69, 9.17) is 0 Å². The largest absolute Gasteiger partial charge is 0.243 e. The molecule has 1 saturated heterocycles. The van der Waals surface area contributed by atoms with Crippen LogP contribution in [-0.4, -0.2) is 51.6 Å². The Hall–Kier alpha value is -1.88. The Morgan fingerprint density at radius 2 is 1.11 bits per heavy atom. The Morgan fingerprint density at radius 1 is 0.704 bits per heavy atom. The van der Waals surface area contributed by atoms with E-state index in [1.807, 2.05) is 6.92 Å². The van der Waals surface area contributed by atoms with Gasteiger partial charge in [0.15, 0.2) is 0 Å². The summed E-state index contributed by atoms with van der Waals surface area (Å²) in [6.07, 6.45) is 0. The summed E-state index contributed by atoms with van der Waals surface area (Å²) in [6, 6.07) is 8.46. The fraction of sp³-hybridized carbons (Fsp3) is 0.294. The number of sulfonamides is 2. The molecule has 0 spiro atoms. The number of nitrogens with zero attached hydrogens (tertiary/aromatic N) is 2. The van der Waals surface area contributed by atoms with Gasteiger partial charge in [-0.25, -0.2) is 25.6 Å². The predicted octanol–water partition coefficient (Wildman–Crippen LogP) is 1.97. The van der Waals surface area contributed by atoms with Crippen molar-refractivity contribution in [1.29, 1.82) is 0 Å². The molecule has 1 fully saturated rings. The smallest absolute Gasteiger partial charge is 0.207 e. The van der Waals surface area contributed by atoms with Crippen molar-refractivity contribution in [3.63, 3.8) is 0 Å². The van der Waals surface area contributed by atoms with Crippen LogP contribution < -0.4 is 0 Å². The van der Waals surface area contributed by atoms with Crippen molar-refractivity contribution >= 4 is 20.0 Å². The monoisotopic (exact) mass is 416 g/mol. The topological polar surface area (TPSA) is 74.8 Å². The first-order valence-electron chi connectivity index (χ1n) is 8.14. The maximum absolute atomic E-state index is 13.3. The number of halogens is 2. The molecule has 1 aliphatic heterocycles. The molecule has 0 amide bonds. The molecular weight excluding hydrogens is 398 g/mol. The van der Waals surface area contributed by atoms with Crippen LogP contribution in [0.5, 0.6) is 0 Å². The highest BCUT2D eigenvalue weighted by molar-refractivity contribution is 7.89. The molecule has 0 radical (unpaired) electrons. The number of benzene rings is 2. The maximum atomic E-state index is 13.3. The van der Waals surface area contributed by atoms with Gasteiger partial charge in [0.25, 0.3) is 0 Å². The Morgan fingerprint density at radius 3 is 1.56 bits per heavy atom. The molecule has 0 aromatic heterocycles. The Labute approximate surface area is 157 Å². The first-order chi connectivity index (χ1) is 12.6. The molecule has 0 unspecified atom stereocenters. The second-order valence-electron chi connectivity index (χ2n) is 6.23. The van der Waals surface area contributed by atoms with Gasteiger partial charge in [-0.05, 0) is 31.2 Å². The summed E-state index contributed by atoms with van der Waals surface area (Å²) < 4.78 is 79.4. The van der Waals surface area contributed by atoms with Gasteiger partial charge in [0, 0.05) is 32.2 Å². The average molecular weight is 416 g/mol. The van der Waals surface area contributed by atoms with Crippen LogP contribution in [0.15, 0.2) is 52.3 Å². The van der Waals surface area contributed by atoms with Crippen LogP contribution >= 0.6 is 0 Å². The zero-order valence-electron chi connectivity index (χ0n) is 14.5. The number of piperazine rings is 1. The van der Waals surface area contributed by atoms with Gasteiger partial charge in [-0.1, -0.05) is 17.7 Å². The normalized spacial score (nSPS) is 17.1. The van der Waals surface area contributed by atoms with Crippen LogP contribution in [0.2, 0.25) is 0 Å². The molecule has 1 aliphatic rings. The third kappa shape index (κ3) is 4.03. The number of aryl methyl sites for hydroxylation is 1. The Balaban J connectivity index is 1.77. The molecule has 6 nitrogen and oxygen atoms in total. The van der Waals surface area contributed by atoms with Crippen LogP contribution in [0.4, 0.5) is 8.78 Å². The van der Waals surface area contributed by atoms with E-state index in [0.717, 1.165) is 22.0 Å². The van der Waals surface area contributed by atoms with Gasteiger partial charge in [-0.3, -0.25) is 0 Å². The molecule has 2 aromatic carbocycles. The van der Waals surface area contributed by atoms with Crippen LogP contribution in [0.25, 0.3) is 0 Å². The number of rotatable bonds is 4. The highest BCUT2D eigenvalue weighted by Crippen LogP contribution is 2.23. The van der Waals surface area contributed by atoms with Crippen molar-refractivity contribution in [2.24, 2.45) is 0 Å². The second-order valence-corrected chi connectivity index (χ2v) is 10.1. The molecule has 27 heavy (non-hydrogen) atoms. The summed E-state index contributed by atoms with van der Waals surface area (Å²) in [4.78, 5) is -0.355. The minimum Gasteiger partial charge on any atom is -0.207 e. The van der Waals surface area contributed by atoms with E-state index in [1.165, 1.54) is 16.4 Å². The van der Waals surface area contributed by atoms with Crippen molar-refractivity contribution in [2.45, 2.75) is 16.7 Å². The molecule has 0 atom stereocenters. The van der Waals surface area contributed by atoms with E-state index in [9.17, 15) is 25.6 Å². The minimum absolute atomic E-state index is 0.0484. The van der Waals surface area contributed by atoms with E-state index < -0.39 is 36.6 Å². The van der Waals surface area contributed by atoms with E-state index in [-0.39, 0.29) is 31.1 Å². The fourth-order valence-electron chi connectivity index (χ4n) is 2.84. The molecule has 0 aliphatic carbocycles. The Kier molecular flexibility index (Phi) is 5.35. The summed E-state index contributed by atoms with van der Waals surface area (Å²) in [5, 5.41) is 0. The summed E-state index contributed by atoms with van der Waals surface area (Å²) >= 11 is 0. The lowest BCUT2D eigenvalue weighted by Gasteiger charge is -2.33. The van der Waals surface area contributed by atoms with E-state index >= 15 is 0 Å². The van der Waals surface area contributed by atoms with E-state index in [2.05, 4.69) is 0 Å². The van der Waals surface area contributed by atoms with Gasteiger partial charge in [-0.2, -0.15) is 8.61 Å². The van der Waals surface area contributed by atoms with Gasteiger partial charge in [0.2, 0.25) is 20.0 Å². The summed E-state index contributed by atoms with van der Waals surface area (Å²) in [6.45, 7) is 1.53. The van der Waals surface area contributed by atoms with Crippen molar-refractivity contribution < 1.29 is 25.6 Å². The van der Waals surface area contributed by atoms with Crippen LogP contribution in [-0.2, 0) is 20.0 Å². The fourth-order valence-corrected chi connectivity index (χ4v) is 5.72. The second kappa shape index (κ2) is 7.27. The lowest BCUT2D eigenvalue weighted by molar-refractivity contribution is 0.272. The van der Waals surface area contributed by atoms with Gasteiger partial charge in [-0.15, -0.1) is 0 Å². The van der Waals surface area contributed by atoms with Gasteiger partial charge >= 0.3 is 0 Å². The van der Waals surface area contributed by atoms with Gasteiger partial charge in [0.05, 0.1) is 9.79 Å².